The van der Waals surface area contributed by atoms with Crippen LogP contribution in [0.15, 0.2) is 24.3 Å². The number of ether oxygens (including phenoxy) is 1. The van der Waals surface area contributed by atoms with Crippen LogP contribution in [0, 0.1) is 11.3 Å². The molecule has 0 bridgehead atoms. The molecular formula is C17H22N4O4. The molecule has 0 aliphatic rings. The Labute approximate surface area is 146 Å². The first-order chi connectivity index (χ1) is 11.7. The van der Waals surface area contributed by atoms with Gasteiger partial charge in [-0.15, -0.1) is 0 Å². The topological polar surface area (TPSA) is 120 Å². The summed E-state index contributed by atoms with van der Waals surface area (Å²) in [5.74, 6) is -0.728. The molecule has 25 heavy (non-hydrogen) atoms. The van der Waals surface area contributed by atoms with Gasteiger partial charge in [-0.3, -0.25) is 9.59 Å². The summed E-state index contributed by atoms with van der Waals surface area (Å²) in [4.78, 5) is 34.4. The van der Waals surface area contributed by atoms with Crippen molar-refractivity contribution >= 4 is 23.6 Å². The average molecular weight is 346 g/mol. The Hall–Kier alpha value is -3.08. The van der Waals surface area contributed by atoms with E-state index in [4.69, 9.17) is 10.00 Å². The predicted octanol–water partition coefficient (Wildman–Crippen LogP) is 1.68. The quantitative estimate of drug-likeness (QED) is 0.724. The van der Waals surface area contributed by atoms with Gasteiger partial charge in [-0.05, 0) is 38.5 Å². The van der Waals surface area contributed by atoms with Crippen LogP contribution in [-0.4, -0.2) is 30.1 Å². The molecule has 0 saturated heterocycles. The van der Waals surface area contributed by atoms with Crippen LogP contribution in [0.3, 0.4) is 0 Å². The van der Waals surface area contributed by atoms with Gasteiger partial charge in [0.25, 0.3) is 0 Å². The fourth-order valence-corrected chi connectivity index (χ4v) is 1.71. The van der Waals surface area contributed by atoms with Crippen LogP contribution < -0.4 is 16.0 Å². The van der Waals surface area contributed by atoms with E-state index in [-0.39, 0.29) is 31.3 Å². The maximum absolute atomic E-state index is 11.7. The minimum atomic E-state index is -0.653. The van der Waals surface area contributed by atoms with Gasteiger partial charge in [-0.25, -0.2) is 4.79 Å². The van der Waals surface area contributed by atoms with Crippen LogP contribution in [0.2, 0.25) is 0 Å². The lowest BCUT2D eigenvalue weighted by molar-refractivity contribution is -0.120. The Kier molecular flexibility index (Phi) is 7.41. The molecule has 0 saturated carbocycles. The van der Waals surface area contributed by atoms with Crippen molar-refractivity contribution in [1.29, 1.82) is 5.26 Å². The predicted molar refractivity (Wildman–Crippen MR) is 91.4 cm³/mol. The van der Waals surface area contributed by atoms with Crippen LogP contribution in [0.1, 0.15) is 32.8 Å². The number of hydrogen-bond acceptors (Lipinski definition) is 5. The Morgan fingerprint density at radius 2 is 1.72 bits per heavy atom. The smallest absolute Gasteiger partial charge is 0.408 e. The molecule has 8 nitrogen and oxygen atoms in total. The lowest BCUT2D eigenvalue weighted by Crippen LogP contribution is -2.39. The summed E-state index contributed by atoms with van der Waals surface area (Å²) in [6, 6.07) is 8.60. The van der Waals surface area contributed by atoms with Gasteiger partial charge in [-0.1, -0.05) is 12.1 Å². The van der Waals surface area contributed by atoms with Crippen molar-refractivity contribution < 1.29 is 19.1 Å². The zero-order valence-electron chi connectivity index (χ0n) is 14.5. The minimum absolute atomic E-state index is 0.183. The van der Waals surface area contributed by atoms with E-state index in [1.807, 2.05) is 0 Å². The van der Waals surface area contributed by atoms with E-state index in [2.05, 4.69) is 16.0 Å². The van der Waals surface area contributed by atoms with E-state index in [9.17, 15) is 14.4 Å². The third-order valence-electron chi connectivity index (χ3n) is 2.76. The molecule has 3 N–H and O–H groups in total. The van der Waals surface area contributed by atoms with Gasteiger partial charge >= 0.3 is 6.09 Å². The molecule has 1 rings (SSSR count). The van der Waals surface area contributed by atoms with Crippen molar-refractivity contribution in [2.24, 2.45) is 0 Å². The minimum Gasteiger partial charge on any atom is -0.444 e. The fourth-order valence-electron chi connectivity index (χ4n) is 1.71. The third kappa shape index (κ3) is 8.95. The maximum atomic E-state index is 11.7. The normalized spacial score (nSPS) is 10.3. The number of nitrogens with zero attached hydrogens (tertiary/aromatic N) is 1. The van der Waals surface area contributed by atoms with Crippen molar-refractivity contribution in [3.05, 3.63) is 29.8 Å². The molecule has 0 spiro atoms. The zero-order chi connectivity index (χ0) is 18.9. The standard InChI is InChI=1S/C17H22N4O4/c1-17(2,3)25-16(24)20-11-15(23)19-10-12-4-6-13(7-5-12)21-14(22)8-9-18/h4-7H,8,10-11H2,1-3H3,(H,19,23)(H,20,24)(H,21,22). The number of carbonyl (C=O) groups is 3. The molecular weight excluding hydrogens is 324 g/mol. The summed E-state index contributed by atoms with van der Waals surface area (Å²) < 4.78 is 5.03. The first kappa shape index (κ1) is 20.0. The van der Waals surface area contributed by atoms with E-state index in [0.29, 0.717) is 5.69 Å². The zero-order valence-corrected chi connectivity index (χ0v) is 14.5. The lowest BCUT2D eigenvalue weighted by Gasteiger charge is -2.19. The molecule has 134 valence electrons. The van der Waals surface area contributed by atoms with E-state index < -0.39 is 11.7 Å². The first-order valence-electron chi connectivity index (χ1n) is 7.69. The first-order valence-corrected chi connectivity index (χ1v) is 7.69. The van der Waals surface area contributed by atoms with Crippen LogP contribution in [-0.2, 0) is 20.9 Å². The third-order valence-corrected chi connectivity index (χ3v) is 2.76. The number of benzene rings is 1. The summed E-state index contributed by atoms with van der Waals surface area (Å²) in [6.07, 6.45) is -0.859. The number of nitriles is 1. The van der Waals surface area contributed by atoms with E-state index in [0.717, 1.165) is 5.56 Å². The van der Waals surface area contributed by atoms with Gasteiger partial charge in [0.05, 0.1) is 6.07 Å². The summed E-state index contributed by atoms with van der Waals surface area (Å²) in [5, 5.41) is 16.0. The molecule has 1 aromatic carbocycles. The number of alkyl carbamates (subject to hydrolysis) is 1. The molecule has 0 aromatic heterocycles. The highest BCUT2D eigenvalue weighted by molar-refractivity contribution is 5.92. The Bertz CT molecular complexity index is 657. The van der Waals surface area contributed by atoms with E-state index >= 15 is 0 Å². The number of hydrogen-bond donors (Lipinski definition) is 3. The number of amides is 3. The van der Waals surface area contributed by atoms with Crippen molar-refractivity contribution in [1.82, 2.24) is 10.6 Å². The SMILES string of the molecule is CC(C)(C)OC(=O)NCC(=O)NCc1ccc(NC(=O)CC#N)cc1. The number of rotatable bonds is 6. The average Bonchev–Trinajstić information content (AvgIpc) is 2.51. The van der Waals surface area contributed by atoms with Gasteiger partial charge in [0, 0.05) is 12.2 Å². The van der Waals surface area contributed by atoms with E-state index in [1.54, 1.807) is 51.1 Å². The number of nitrogens with one attached hydrogen (secondary N) is 3. The van der Waals surface area contributed by atoms with Crippen molar-refractivity contribution in [3.8, 4) is 6.07 Å². The summed E-state index contributed by atoms with van der Waals surface area (Å²) in [7, 11) is 0. The van der Waals surface area contributed by atoms with Gasteiger partial charge in [-0.2, -0.15) is 5.26 Å². The molecule has 0 aliphatic carbocycles. The second kappa shape index (κ2) is 9.27. The van der Waals surface area contributed by atoms with Gasteiger partial charge in [0.2, 0.25) is 11.8 Å². The number of carbonyl (C=O) groups excluding carboxylic acids is 3. The monoisotopic (exact) mass is 346 g/mol. The molecule has 1 aromatic rings. The molecule has 0 fully saturated rings. The summed E-state index contributed by atoms with van der Waals surface area (Å²) in [6.45, 7) is 5.30. The summed E-state index contributed by atoms with van der Waals surface area (Å²) >= 11 is 0. The van der Waals surface area contributed by atoms with Crippen LogP contribution >= 0.6 is 0 Å². The largest absolute Gasteiger partial charge is 0.444 e. The van der Waals surface area contributed by atoms with E-state index in [1.165, 1.54) is 0 Å². The van der Waals surface area contributed by atoms with Crippen molar-refractivity contribution in [3.63, 3.8) is 0 Å². The van der Waals surface area contributed by atoms with Crippen molar-refractivity contribution in [2.75, 3.05) is 11.9 Å². The molecule has 8 heteroatoms. The molecule has 0 heterocycles. The highest BCUT2D eigenvalue weighted by atomic mass is 16.6. The van der Waals surface area contributed by atoms with Gasteiger partial charge < -0.3 is 20.7 Å². The highest BCUT2D eigenvalue weighted by Crippen LogP contribution is 2.10. The Balaban J connectivity index is 2.35. The molecule has 0 unspecified atom stereocenters. The van der Waals surface area contributed by atoms with Crippen LogP contribution in [0.4, 0.5) is 10.5 Å². The van der Waals surface area contributed by atoms with Crippen molar-refractivity contribution in [2.45, 2.75) is 39.3 Å². The van der Waals surface area contributed by atoms with Gasteiger partial charge in [0.1, 0.15) is 18.6 Å². The molecule has 0 aliphatic heterocycles. The van der Waals surface area contributed by atoms with Gasteiger partial charge in [0.15, 0.2) is 0 Å². The van der Waals surface area contributed by atoms with Crippen LogP contribution in [0.25, 0.3) is 0 Å². The molecule has 0 atom stereocenters. The molecule has 0 radical (unpaired) electrons. The lowest BCUT2D eigenvalue weighted by atomic mass is 10.2. The number of anilines is 1. The second-order valence-corrected chi connectivity index (χ2v) is 6.21. The fraction of sp³-hybridized carbons (Fsp3) is 0.412. The Morgan fingerprint density at radius 3 is 2.28 bits per heavy atom. The highest BCUT2D eigenvalue weighted by Gasteiger charge is 2.16. The maximum Gasteiger partial charge on any atom is 0.408 e. The second-order valence-electron chi connectivity index (χ2n) is 6.21. The summed E-state index contributed by atoms with van der Waals surface area (Å²) in [5.41, 5.74) is 0.774. The Morgan fingerprint density at radius 1 is 1.08 bits per heavy atom. The van der Waals surface area contributed by atoms with Crippen LogP contribution in [0.5, 0.6) is 0 Å². The molecule has 3 amide bonds.